The number of nitrogens with two attached hydrogens (primary N) is 1. The Hall–Kier alpha value is -1.62. The van der Waals surface area contributed by atoms with Crippen LogP contribution in [0.1, 0.15) is 10.4 Å². The van der Waals surface area contributed by atoms with Crippen molar-refractivity contribution in [2.75, 3.05) is 5.73 Å². The molecule has 0 aliphatic heterocycles. The summed E-state index contributed by atoms with van der Waals surface area (Å²) in [5, 5.41) is 0.533. The third kappa shape index (κ3) is 2.24. The van der Waals surface area contributed by atoms with E-state index in [1.807, 2.05) is 13.0 Å². The summed E-state index contributed by atoms with van der Waals surface area (Å²) >= 11 is 1.40. The van der Waals surface area contributed by atoms with Crippen LogP contribution in [0, 0.1) is 6.92 Å². The molecule has 0 saturated carbocycles. The van der Waals surface area contributed by atoms with Gasteiger partial charge >= 0.3 is 0 Å². The van der Waals surface area contributed by atoms with Crippen LogP contribution in [0.15, 0.2) is 29.3 Å². The first-order valence-electron chi connectivity index (χ1n) is 4.52. The summed E-state index contributed by atoms with van der Waals surface area (Å²) in [5.41, 5.74) is 6.49. The largest absolute Gasteiger partial charge is 0.375 e. The molecule has 2 rings (SSSR count). The van der Waals surface area contributed by atoms with E-state index in [4.69, 9.17) is 5.73 Å². The summed E-state index contributed by atoms with van der Waals surface area (Å²) in [5.74, 6) is 0. The number of hydrogen-bond donors (Lipinski definition) is 1. The van der Waals surface area contributed by atoms with Crippen molar-refractivity contribution in [3.05, 3.63) is 45.3 Å². The highest BCUT2D eigenvalue weighted by Crippen LogP contribution is 2.14. The lowest BCUT2D eigenvalue weighted by atomic mass is 10.3. The standard InChI is InChI=1S/C10H11N3OS/c1-7-2-3-13(9(14)4-7)6-8-5-12-10(11)15-8/h2-5H,6H2,1H3,(H2,11,12). The van der Waals surface area contributed by atoms with Crippen molar-refractivity contribution in [2.24, 2.45) is 0 Å². The zero-order valence-corrected chi connectivity index (χ0v) is 9.12. The van der Waals surface area contributed by atoms with Crippen LogP contribution in [0.3, 0.4) is 0 Å². The number of nitrogen functional groups attached to an aromatic ring is 1. The van der Waals surface area contributed by atoms with Crippen LogP contribution >= 0.6 is 11.3 Å². The molecule has 78 valence electrons. The summed E-state index contributed by atoms with van der Waals surface area (Å²) in [4.78, 5) is 16.5. The predicted molar refractivity (Wildman–Crippen MR) is 61.1 cm³/mol. The monoisotopic (exact) mass is 221 g/mol. The lowest BCUT2D eigenvalue weighted by Gasteiger charge is -2.02. The van der Waals surface area contributed by atoms with Gasteiger partial charge in [0.15, 0.2) is 5.13 Å². The van der Waals surface area contributed by atoms with Crippen LogP contribution in [0.2, 0.25) is 0 Å². The van der Waals surface area contributed by atoms with Crippen molar-refractivity contribution >= 4 is 16.5 Å². The highest BCUT2D eigenvalue weighted by atomic mass is 32.1. The minimum atomic E-state index is 0.00183. The molecule has 0 aliphatic rings. The van der Waals surface area contributed by atoms with Crippen LogP contribution in [-0.2, 0) is 6.54 Å². The topological polar surface area (TPSA) is 60.9 Å². The van der Waals surface area contributed by atoms with E-state index in [9.17, 15) is 4.79 Å². The summed E-state index contributed by atoms with van der Waals surface area (Å²) in [7, 11) is 0. The maximum Gasteiger partial charge on any atom is 0.251 e. The van der Waals surface area contributed by atoms with Gasteiger partial charge < -0.3 is 10.3 Å². The van der Waals surface area contributed by atoms with Crippen molar-refractivity contribution in [1.29, 1.82) is 0 Å². The zero-order valence-electron chi connectivity index (χ0n) is 8.30. The van der Waals surface area contributed by atoms with Gasteiger partial charge in [0.1, 0.15) is 0 Å². The number of thiazole rings is 1. The van der Waals surface area contributed by atoms with Gasteiger partial charge in [-0.05, 0) is 18.6 Å². The SMILES string of the molecule is Cc1ccn(Cc2cnc(N)s2)c(=O)c1. The van der Waals surface area contributed by atoms with Crippen molar-refractivity contribution < 1.29 is 0 Å². The number of anilines is 1. The van der Waals surface area contributed by atoms with Gasteiger partial charge in [-0.25, -0.2) is 4.98 Å². The fourth-order valence-corrected chi connectivity index (χ4v) is 1.98. The van der Waals surface area contributed by atoms with Crippen molar-refractivity contribution in [3.63, 3.8) is 0 Å². The Morgan fingerprint density at radius 1 is 1.60 bits per heavy atom. The second kappa shape index (κ2) is 3.86. The Morgan fingerprint density at radius 2 is 2.40 bits per heavy atom. The minimum absolute atomic E-state index is 0.00183. The average molecular weight is 221 g/mol. The molecule has 0 aromatic carbocycles. The molecule has 0 radical (unpaired) electrons. The molecule has 2 aromatic heterocycles. The lowest BCUT2D eigenvalue weighted by Crippen LogP contribution is -2.18. The van der Waals surface area contributed by atoms with Crippen LogP contribution in [-0.4, -0.2) is 9.55 Å². The Balaban J connectivity index is 2.28. The highest BCUT2D eigenvalue weighted by Gasteiger charge is 2.01. The average Bonchev–Trinajstić information content (AvgIpc) is 2.56. The van der Waals surface area contributed by atoms with E-state index in [0.29, 0.717) is 11.7 Å². The number of aromatic nitrogens is 2. The number of aryl methyl sites for hydroxylation is 1. The molecule has 2 aromatic rings. The molecule has 5 heteroatoms. The molecule has 0 fully saturated rings. The number of nitrogens with zero attached hydrogens (tertiary/aromatic N) is 2. The molecule has 2 heterocycles. The molecule has 0 saturated heterocycles. The predicted octanol–water partition coefficient (Wildman–Crippen LogP) is 1.24. The molecule has 4 nitrogen and oxygen atoms in total. The van der Waals surface area contributed by atoms with Gasteiger partial charge in [-0.2, -0.15) is 0 Å². The Kier molecular flexibility index (Phi) is 2.55. The molecule has 0 aliphatic carbocycles. The second-order valence-corrected chi connectivity index (χ2v) is 4.48. The van der Waals surface area contributed by atoms with Gasteiger partial charge in [-0.3, -0.25) is 4.79 Å². The Bertz CT molecular complexity index is 529. The van der Waals surface area contributed by atoms with Crippen molar-refractivity contribution in [1.82, 2.24) is 9.55 Å². The number of pyridine rings is 1. The number of hydrogen-bond acceptors (Lipinski definition) is 4. The second-order valence-electron chi connectivity index (χ2n) is 3.34. The summed E-state index contributed by atoms with van der Waals surface area (Å²) in [6.07, 6.45) is 3.49. The molecule has 0 unspecified atom stereocenters. The van der Waals surface area contributed by atoms with Gasteiger partial charge in [0, 0.05) is 23.3 Å². The number of rotatable bonds is 2. The molecule has 0 spiro atoms. The van der Waals surface area contributed by atoms with E-state index in [-0.39, 0.29) is 5.56 Å². The fraction of sp³-hybridized carbons (Fsp3) is 0.200. The molecule has 2 N–H and O–H groups in total. The first-order valence-corrected chi connectivity index (χ1v) is 5.34. The summed E-state index contributed by atoms with van der Waals surface area (Å²) in [6.45, 7) is 2.43. The molecule has 15 heavy (non-hydrogen) atoms. The van der Waals surface area contributed by atoms with E-state index in [0.717, 1.165) is 10.4 Å². The molecule has 0 atom stereocenters. The quantitative estimate of drug-likeness (QED) is 0.830. The van der Waals surface area contributed by atoms with E-state index in [1.165, 1.54) is 11.3 Å². The first-order chi connectivity index (χ1) is 7.15. The first kappa shape index (κ1) is 9.92. The Morgan fingerprint density at radius 3 is 3.00 bits per heavy atom. The molecular weight excluding hydrogens is 210 g/mol. The zero-order chi connectivity index (χ0) is 10.8. The lowest BCUT2D eigenvalue weighted by molar-refractivity contribution is 0.766. The maximum absolute atomic E-state index is 11.6. The third-order valence-electron chi connectivity index (χ3n) is 2.05. The van der Waals surface area contributed by atoms with Crippen LogP contribution in [0.5, 0.6) is 0 Å². The van der Waals surface area contributed by atoms with Crippen LogP contribution in [0.25, 0.3) is 0 Å². The van der Waals surface area contributed by atoms with Gasteiger partial charge in [0.25, 0.3) is 5.56 Å². The van der Waals surface area contributed by atoms with E-state index in [1.54, 1.807) is 23.0 Å². The van der Waals surface area contributed by atoms with Crippen molar-refractivity contribution in [3.8, 4) is 0 Å². The molecule has 0 amide bonds. The molecule has 0 bridgehead atoms. The van der Waals surface area contributed by atoms with Crippen LogP contribution < -0.4 is 11.3 Å². The van der Waals surface area contributed by atoms with Crippen LogP contribution in [0.4, 0.5) is 5.13 Å². The van der Waals surface area contributed by atoms with E-state index in [2.05, 4.69) is 4.98 Å². The van der Waals surface area contributed by atoms with Gasteiger partial charge in [-0.1, -0.05) is 0 Å². The maximum atomic E-state index is 11.6. The van der Waals surface area contributed by atoms with E-state index < -0.39 is 0 Å². The van der Waals surface area contributed by atoms with Gasteiger partial charge in [0.2, 0.25) is 0 Å². The van der Waals surface area contributed by atoms with Gasteiger partial charge in [0.05, 0.1) is 6.54 Å². The smallest absolute Gasteiger partial charge is 0.251 e. The third-order valence-corrected chi connectivity index (χ3v) is 2.86. The Labute approximate surface area is 91.0 Å². The minimum Gasteiger partial charge on any atom is -0.375 e. The summed E-state index contributed by atoms with van der Waals surface area (Å²) < 4.78 is 1.64. The van der Waals surface area contributed by atoms with Gasteiger partial charge in [-0.15, -0.1) is 11.3 Å². The van der Waals surface area contributed by atoms with E-state index >= 15 is 0 Å². The molecular formula is C10H11N3OS. The highest BCUT2D eigenvalue weighted by molar-refractivity contribution is 7.15. The fourth-order valence-electron chi connectivity index (χ4n) is 1.30. The summed E-state index contributed by atoms with van der Waals surface area (Å²) in [6, 6.07) is 3.52. The van der Waals surface area contributed by atoms with Crippen molar-refractivity contribution in [2.45, 2.75) is 13.5 Å². The normalized spacial score (nSPS) is 10.5.